The molecule has 0 bridgehead atoms. The first-order valence-corrected chi connectivity index (χ1v) is 11.0. The van der Waals surface area contributed by atoms with E-state index in [0.717, 1.165) is 43.0 Å². The van der Waals surface area contributed by atoms with Crippen molar-refractivity contribution in [2.75, 3.05) is 7.11 Å². The molecule has 0 unspecified atom stereocenters. The zero-order valence-corrected chi connectivity index (χ0v) is 18.4. The summed E-state index contributed by atoms with van der Waals surface area (Å²) in [7, 11) is 3.63. The molecule has 0 radical (unpaired) electrons. The van der Waals surface area contributed by atoms with Gasteiger partial charge in [0.05, 0.1) is 18.4 Å². The third-order valence-corrected chi connectivity index (χ3v) is 6.52. The molecule has 4 aromatic rings. The van der Waals surface area contributed by atoms with Crippen LogP contribution in [0, 0.1) is 0 Å². The van der Waals surface area contributed by atoms with E-state index < -0.39 is 0 Å². The summed E-state index contributed by atoms with van der Waals surface area (Å²) in [6, 6.07) is 9.79. The third kappa shape index (κ3) is 3.96. The highest BCUT2D eigenvalue weighted by molar-refractivity contribution is 9.10. The van der Waals surface area contributed by atoms with E-state index in [4.69, 9.17) is 9.72 Å². The summed E-state index contributed by atoms with van der Waals surface area (Å²) in [6.45, 7) is 0. The van der Waals surface area contributed by atoms with Crippen LogP contribution in [0.5, 0.6) is 5.75 Å². The van der Waals surface area contributed by atoms with Gasteiger partial charge in [0.25, 0.3) is 0 Å². The van der Waals surface area contributed by atoms with Crippen LogP contribution in [-0.2, 0) is 12.8 Å². The number of thioether (sulfide) groups is 1. The predicted octanol–water partition coefficient (Wildman–Crippen LogP) is 5.06. The van der Waals surface area contributed by atoms with E-state index in [1.54, 1.807) is 42.6 Å². The molecule has 0 aliphatic carbocycles. The van der Waals surface area contributed by atoms with Crippen molar-refractivity contribution in [3.63, 3.8) is 0 Å². The Kier molecular flexibility index (Phi) is 5.74. The second kappa shape index (κ2) is 8.42. The molecule has 0 saturated heterocycles. The van der Waals surface area contributed by atoms with Gasteiger partial charge in [-0.05, 0) is 30.3 Å². The second-order valence-corrected chi connectivity index (χ2v) is 8.60. The monoisotopic (exact) mass is 473 g/mol. The molecule has 4 rings (SSSR count). The van der Waals surface area contributed by atoms with Crippen LogP contribution in [0.4, 0.5) is 0 Å². The molecular formula is C19H16BrN5OS2. The highest BCUT2D eigenvalue weighted by Gasteiger charge is 2.14. The van der Waals surface area contributed by atoms with Crippen LogP contribution in [0.25, 0.3) is 22.0 Å². The molecule has 0 aliphatic heterocycles. The smallest absolute Gasteiger partial charge is 0.191 e. The molecule has 0 saturated carbocycles. The largest absolute Gasteiger partial charge is 0.496 e. The quantitative estimate of drug-likeness (QED) is 0.364. The van der Waals surface area contributed by atoms with E-state index in [1.807, 2.05) is 41.9 Å². The fraction of sp³-hybridized carbons (Fsp3) is 0.158. The average Bonchev–Trinajstić information content (AvgIpc) is 3.34. The summed E-state index contributed by atoms with van der Waals surface area (Å²) in [5.74, 6) is 2.32. The maximum Gasteiger partial charge on any atom is 0.191 e. The summed E-state index contributed by atoms with van der Waals surface area (Å²) in [4.78, 5) is 8.92. The number of hydrogen-bond donors (Lipinski definition) is 0. The van der Waals surface area contributed by atoms with Gasteiger partial charge in [-0.25, -0.2) is 4.98 Å². The first-order valence-electron chi connectivity index (χ1n) is 8.36. The van der Waals surface area contributed by atoms with Gasteiger partial charge in [-0.15, -0.1) is 21.5 Å². The van der Waals surface area contributed by atoms with Crippen LogP contribution >= 0.6 is 39.0 Å². The third-order valence-electron chi connectivity index (χ3n) is 4.05. The molecule has 6 nitrogen and oxygen atoms in total. The van der Waals surface area contributed by atoms with Crippen molar-refractivity contribution in [2.45, 2.75) is 10.9 Å². The number of hydrogen-bond acceptors (Lipinski definition) is 7. The summed E-state index contributed by atoms with van der Waals surface area (Å²) in [5, 5.41) is 12.4. The molecule has 0 atom stereocenters. The highest BCUT2D eigenvalue weighted by Crippen LogP contribution is 2.35. The Morgan fingerprint density at radius 2 is 2.14 bits per heavy atom. The van der Waals surface area contributed by atoms with Gasteiger partial charge in [-0.1, -0.05) is 27.7 Å². The number of nitrogens with zero attached hydrogens (tertiary/aromatic N) is 5. The molecule has 0 aliphatic rings. The minimum absolute atomic E-state index is 0.714. The topological polar surface area (TPSA) is 65.7 Å². The average molecular weight is 474 g/mol. The van der Waals surface area contributed by atoms with E-state index in [-0.39, 0.29) is 0 Å². The standard InChI is InChI=1S/C19H16BrN5OS2/c1-25-17(12-4-3-7-21-9-12)23-24-19(25)28-11-14-10-27-18(22-14)15-8-13(20)5-6-16(15)26-2/h3-10H,11H2,1-2H3. The molecule has 0 fully saturated rings. The summed E-state index contributed by atoms with van der Waals surface area (Å²) >= 11 is 6.73. The van der Waals surface area contributed by atoms with Gasteiger partial charge in [-0.2, -0.15) is 0 Å². The van der Waals surface area contributed by atoms with Crippen LogP contribution < -0.4 is 4.74 Å². The zero-order chi connectivity index (χ0) is 19.5. The Hall–Kier alpha value is -2.23. The summed E-state index contributed by atoms with van der Waals surface area (Å²) < 4.78 is 8.44. The van der Waals surface area contributed by atoms with Gasteiger partial charge in [0, 0.05) is 40.6 Å². The van der Waals surface area contributed by atoms with Gasteiger partial charge in [0.1, 0.15) is 10.8 Å². The van der Waals surface area contributed by atoms with Crippen molar-refractivity contribution in [3.05, 3.63) is 58.3 Å². The van der Waals surface area contributed by atoms with E-state index in [0.29, 0.717) is 5.75 Å². The van der Waals surface area contributed by atoms with Gasteiger partial charge in [0.15, 0.2) is 11.0 Å². The number of methoxy groups -OCH3 is 1. The minimum Gasteiger partial charge on any atom is -0.496 e. The molecule has 0 N–H and O–H groups in total. The van der Waals surface area contributed by atoms with Gasteiger partial charge >= 0.3 is 0 Å². The Morgan fingerprint density at radius 3 is 2.93 bits per heavy atom. The lowest BCUT2D eigenvalue weighted by atomic mass is 10.2. The molecule has 142 valence electrons. The van der Waals surface area contributed by atoms with Crippen molar-refractivity contribution < 1.29 is 4.74 Å². The Balaban J connectivity index is 1.50. The SMILES string of the molecule is COc1ccc(Br)cc1-c1nc(CSc2nnc(-c3cccnc3)n2C)cs1. The lowest BCUT2D eigenvalue weighted by Crippen LogP contribution is -1.95. The number of thiazole rings is 1. The minimum atomic E-state index is 0.714. The fourth-order valence-electron chi connectivity index (χ4n) is 2.67. The fourth-order valence-corrected chi connectivity index (χ4v) is 4.78. The van der Waals surface area contributed by atoms with Crippen LogP contribution in [0.15, 0.2) is 57.7 Å². The van der Waals surface area contributed by atoms with Gasteiger partial charge < -0.3 is 9.30 Å². The van der Waals surface area contributed by atoms with Crippen molar-refractivity contribution in [2.24, 2.45) is 7.05 Å². The number of pyridine rings is 1. The van der Waals surface area contributed by atoms with E-state index in [9.17, 15) is 0 Å². The van der Waals surface area contributed by atoms with Gasteiger partial charge in [0.2, 0.25) is 0 Å². The first-order chi connectivity index (χ1) is 13.7. The molecule has 9 heteroatoms. The number of benzene rings is 1. The second-order valence-electron chi connectivity index (χ2n) is 5.88. The maximum absolute atomic E-state index is 5.47. The molecular weight excluding hydrogens is 458 g/mol. The Labute approximate surface area is 179 Å². The maximum atomic E-state index is 5.47. The Bertz CT molecular complexity index is 1100. The molecule has 0 spiro atoms. The zero-order valence-electron chi connectivity index (χ0n) is 15.2. The lowest BCUT2D eigenvalue weighted by molar-refractivity contribution is 0.416. The number of halogens is 1. The molecule has 1 aromatic carbocycles. The molecule has 0 amide bonds. The first kappa shape index (κ1) is 19.1. The van der Waals surface area contributed by atoms with E-state index in [2.05, 4.69) is 36.5 Å². The number of aromatic nitrogens is 5. The van der Waals surface area contributed by atoms with Gasteiger partial charge in [-0.3, -0.25) is 4.98 Å². The Morgan fingerprint density at radius 1 is 1.25 bits per heavy atom. The van der Waals surface area contributed by atoms with E-state index >= 15 is 0 Å². The predicted molar refractivity (Wildman–Crippen MR) is 116 cm³/mol. The van der Waals surface area contributed by atoms with Crippen LogP contribution in [-0.4, -0.2) is 31.8 Å². The summed E-state index contributed by atoms with van der Waals surface area (Å²) in [6.07, 6.45) is 3.53. The summed E-state index contributed by atoms with van der Waals surface area (Å²) in [5.41, 5.74) is 2.93. The van der Waals surface area contributed by atoms with Crippen molar-refractivity contribution in [1.29, 1.82) is 0 Å². The van der Waals surface area contributed by atoms with Crippen LogP contribution in [0.3, 0.4) is 0 Å². The van der Waals surface area contributed by atoms with Crippen LogP contribution in [0.2, 0.25) is 0 Å². The number of ether oxygens (including phenoxy) is 1. The number of rotatable bonds is 6. The highest BCUT2D eigenvalue weighted by atomic mass is 79.9. The molecule has 28 heavy (non-hydrogen) atoms. The normalized spacial score (nSPS) is 11.0. The van der Waals surface area contributed by atoms with Crippen molar-refractivity contribution in [3.8, 4) is 27.7 Å². The lowest BCUT2D eigenvalue weighted by Gasteiger charge is -2.06. The van der Waals surface area contributed by atoms with Crippen molar-refractivity contribution in [1.82, 2.24) is 24.7 Å². The molecule has 3 aromatic heterocycles. The van der Waals surface area contributed by atoms with Crippen molar-refractivity contribution >= 4 is 39.0 Å². The molecule has 3 heterocycles. The van der Waals surface area contributed by atoms with Crippen LogP contribution in [0.1, 0.15) is 5.69 Å². The van der Waals surface area contributed by atoms with E-state index in [1.165, 1.54) is 0 Å².